The van der Waals surface area contributed by atoms with Gasteiger partial charge in [0, 0.05) is 0 Å². The van der Waals surface area contributed by atoms with E-state index in [0.29, 0.717) is 30.2 Å². The van der Waals surface area contributed by atoms with Gasteiger partial charge in [0.05, 0.1) is 12.7 Å². The summed E-state index contributed by atoms with van der Waals surface area (Å²) in [4.78, 5) is 12.7. The van der Waals surface area contributed by atoms with Crippen molar-refractivity contribution >= 4 is 13.6 Å². The summed E-state index contributed by atoms with van der Waals surface area (Å²) in [6, 6.07) is 13.6. The maximum atomic E-state index is 13.3. The molecule has 2 fully saturated rings. The first-order chi connectivity index (χ1) is 17.9. The lowest BCUT2D eigenvalue weighted by Crippen LogP contribution is -2.24. The van der Waals surface area contributed by atoms with Crippen molar-refractivity contribution in [2.75, 3.05) is 7.11 Å². The summed E-state index contributed by atoms with van der Waals surface area (Å²) in [5, 5.41) is -0.906. The number of hydrogen-bond donors (Lipinski definition) is 0. The Hall–Kier alpha value is -2.19. The van der Waals surface area contributed by atoms with Crippen molar-refractivity contribution in [3.8, 4) is 11.1 Å². The van der Waals surface area contributed by atoms with E-state index in [9.17, 15) is 13.9 Å². The average molecular weight is 523 g/mol. The highest BCUT2D eigenvalue weighted by Crippen LogP contribution is 2.51. The van der Waals surface area contributed by atoms with Gasteiger partial charge in [0.15, 0.2) is 0 Å². The molecule has 200 valence electrons. The van der Waals surface area contributed by atoms with Crippen LogP contribution in [-0.2, 0) is 19.0 Å². The maximum absolute atomic E-state index is 13.3. The number of esters is 1. The first-order valence-corrected chi connectivity index (χ1v) is 15.6. The molecule has 0 saturated heterocycles. The molecule has 0 bridgehead atoms. The minimum atomic E-state index is -2.71. The Kier molecular flexibility index (Phi) is 9.82. The van der Waals surface area contributed by atoms with Gasteiger partial charge >= 0.3 is 13.6 Å². The second kappa shape index (κ2) is 13.1. The Morgan fingerprint density at radius 1 is 0.838 bits per heavy atom. The molecule has 0 aliphatic heterocycles. The van der Waals surface area contributed by atoms with Crippen molar-refractivity contribution in [3.05, 3.63) is 59.2 Å². The van der Waals surface area contributed by atoms with E-state index in [1.54, 1.807) is 6.07 Å². The van der Waals surface area contributed by atoms with Gasteiger partial charge in [0.2, 0.25) is 0 Å². The summed E-state index contributed by atoms with van der Waals surface area (Å²) in [6.45, 7) is 2.02. The highest BCUT2D eigenvalue weighted by molar-refractivity contribution is 7.32. The summed E-state index contributed by atoms with van der Waals surface area (Å²) in [7, 11) is -1.32. The van der Waals surface area contributed by atoms with Crippen molar-refractivity contribution < 1.29 is 18.7 Å². The predicted molar refractivity (Wildman–Crippen MR) is 150 cm³/mol. The Morgan fingerprint density at radius 3 is 1.92 bits per heavy atom. The molecule has 0 atom stereocenters. The van der Waals surface area contributed by atoms with Crippen LogP contribution >= 0.6 is 7.68 Å². The summed E-state index contributed by atoms with van der Waals surface area (Å²) in [5.74, 6) is 0.831. The molecular weight excluding hydrogens is 479 g/mol. The van der Waals surface area contributed by atoms with Gasteiger partial charge in [-0.3, -0.25) is 0 Å². The van der Waals surface area contributed by atoms with E-state index in [0.717, 1.165) is 35.1 Å². The molecule has 0 spiro atoms. The highest BCUT2D eigenvalue weighted by atomic mass is 31.1. The van der Waals surface area contributed by atoms with E-state index < -0.39 is 18.8 Å². The van der Waals surface area contributed by atoms with Gasteiger partial charge in [0.1, 0.15) is 5.16 Å². The first kappa shape index (κ1) is 27.8. The summed E-state index contributed by atoms with van der Waals surface area (Å²) in [6.07, 6.45) is 15.7. The van der Waals surface area contributed by atoms with Crippen LogP contribution in [0.1, 0.15) is 111 Å². The zero-order valence-electron chi connectivity index (χ0n) is 22.7. The summed E-state index contributed by atoms with van der Waals surface area (Å²) < 4.78 is 31.7. The van der Waals surface area contributed by atoms with Crippen LogP contribution in [0.4, 0.5) is 0 Å². The second-order valence-electron chi connectivity index (χ2n) is 11.4. The number of hydrogen-bond acceptors (Lipinski definition) is 4. The quantitative estimate of drug-likeness (QED) is 0.230. The van der Waals surface area contributed by atoms with Crippen LogP contribution in [0.2, 0.25) is 0 Å². The molecule has 4 nitrogen and oxygen atoms in total. The lowest BCUT2D eigenvalue weighted by molar-refractivity contribution is 0.0601. The Morgan fingerprint density at radius 2 is 1.41 bits per heavy atom. The smallest absolute Gasteiger partial charge is 0.338 e. The SMILES string of the molecule is COC(=O)c1ccc(C(CCC2CCCCC2)(CCC2CCCCC2)P(=O)=O)cc1-c1ccccc1C. The van der Waals surface area contributed by atoms with Crippen LogP contribution in [0.3, 0.4) is 0 Å². The minimum Gasteiger partial charge on any atom is -0.465 e. The molecular formula is C32H43O4P. The van der Waals surface area contributed by atoms with Crippen LogP contribution in [0, 0.1) is 18.8 Å². The average Bonchev–Trinajstić information content (AvgIpc) is 2.94. The van der Waals surface area contributed by atoms with Crippen molar-refractivity contribution in [1.82, 2.24) is 0 Å². The fourth-order valence-electron chi connectivity index (χ4n) is 6.76. The van der Waals surface area contributed by atoms with Gasteiger partial charge in [-0.25, -0.2) is 13.9 Å². The molecule has 0 aromatic heterocycles. The van der Waals surface area contributed by atoms with Crippen molar-refractivity contribution in [3.63, 3.8) is 0 Å². The number of carbonyl (C=O) groups is 1. The fraction of sp³-hybridized carbons (Fsp3) is 0.594. The first-order valence-electron chi connectivity index (χ1n) is 14.4. The van der Waals surface area contributed by atoms with Crippen LogP contribution in [0.5, 0.6) is 0 Å². The molecule has 2 saturated carbocycles. The molecule has 5 heteroatoms. The molecule has 2 aromatic rings. The Balaban J connectivity index is 1.76. The number of ether oxygens (including phenoxy) is 1. The lowest BCUT2D eigenvalue weighted by Gasteiger charge is -2.33. The number of carbonyl (C=O) groups excluding carboxylic acids is 1. The zero-order valence-corrected chi connectivity index (χ0v) is 23.6. The molecule has 2 aromatic carbocycles. The second-order valence-corrected chi connectivity index (χ2v) is 12.8. The van der Waals surface area contributed by atoms with E-state index in [2.05, 4.69) is 0 Å². The Bertz CT molecular complexity index is 1090. The van der Waals surface area contributed by atoms with Gasteiger partial charge in [-0.05, 0) is 78.8 Å². The number of benzene rings is 2. The van der Waals surface area contributed by atoms with Crippen molar-refractivity contribution in [2.24, 2.45) is 11.8 Å². The predicted octanol–water partition coefficient (Wildman–Crippen LogP) is 9.54. The highest BCUT2D eigenvalue weighted by Gasteiger charge is 2.40. The maximum Gasteiger partial charge on any atom is 0.338 e. The van der Waals surface area contributed by atoms with Gasteiger partial charge in [-0.1, -0.05) is 94.5 Å². The van der Waals surface area contributed by atoms with E-state index >= 15 is 0 Å². The molecule has 0 radical (unpaired) electrons. The summed E-state index contributed by atoms with van der Waals surface area (Å²) in [5.41, 5.74) is 4.07. The number of rotatable bonds is 10. The van der Waals surface area contributed by atoms with Crippen LogP contribution in [0.25, 0.3) is 11.1 Å². The van der Waals surface area contributed by atoms with Gasteiger partial charge in [-0.2, -0.15) is 0 Å². The largest absolute Gasteiger partial charge is 0.465 e. The van der Waals surface area contributed by atoms with Crippen LogP contribution in [-0.4, -0.2) is 13.1 Å². The molecule has 4 rings (SSSR count). The van der Waals surface area contributed by atoms with E-state index in [-0.39, 0.29) is 0 Å². The van der Waals surface area contributed by atoms with Gasteiger partial charge < -0.3 is 4.74 Å². The molecule has 37 heavy (non-hydrogen) atoms. The van der Waals surface area contributed by atoms with Crippen LogP contribution in [0.15, 0.2) is 42.5 Å². The van der Waals surface area contributed by atoms with Crippen molar-refractivity contribution in [2.45, 2.75) is 102 Å². The minimum absolute atomic E-state index is 0.397. The lowest BCUT2D eigenvalue weighted by atomic mass is 9.77. The zero-order chi connectivity index (χ0) is 26.3. The molecule has 2 aliphatic carbocycles. The Labute approximate surface area is 223 Å². The van der Waals surface area contributed by atoms with Gasteiger partial charge in [0.25, 0.3) is 0 Å². The third-order valence-corrected chi connectivity index (χ3v) is 10.5. The van der Waals surface area contributed by atoms with Crippen molar-refractivity contribution in [1.29, 1.82) is 0 Å². The molecule has 0 amide bonds. The van der Waals surface area contributed by atoms with Gasteiger partial charge in [-0.15, -0.1) is 0 Å². The normalized spacial score (nSPS) is 17.5. The summed E-state index contributed by atoms with van der Waals surface area (Å²) >= 11 is 0. The third-order valence-electron chi connectivity index (χ3n) is 9.13. The van der Waals surface area contributed by atoms with E-state index in [1.807, 2.05) is 43.3 Å². The number of aryl methyl sites for hydroxylation is 1. The van der Waals surface area contributed by atoms with E-state index in [4.69, 9.17) is 4.74 Å². The molecule has 0 N–H and O–H groups in total. The molecule has 0 heterocycles. The van der Waals surface area contributed by atoms with Crippen LogP contribution < -0.4 is 0 Å². The third kappa shape index (κ3) is 6.63. The molecule has 0 unspecified atom stereocenters. The number of methoxy groups -OCH3 is 1. The molecule has 2 aliphatic rings. The fourth-order valence-corrected chi connectivity index (χ4v) is 7.73. The monoisotopic (exact) mass is 522 g/mol. The van der Waals surface area contributed by atoms with E-state index in [1.165, 1.54) is 71.3 Å². The topological polar surface area (TPSA) is 60.4 Å². The standard InChI is InChI=1S/C32H43O4P/c1-24-11-9-10-16-28(24)30-23-27(17-18-29(30)31(33)36-2)32(37(34)35,21-19-25-12-5-3-6-13-25)22-20-26-14-7-4-8-15-26/h9-11,16-18,23,25-26H,3-8,12-15,19-22H2,1-2H3.